The summed E-state index contributed by atoms with van der Waals surface area (Å²) < 4.78 is 56.2. The quantitative estimate of drug-likeness (QED) is 0.697. The van der Waals surface area contributed by atoms with Crippen LogP contribution in [0.5, 0.6) is 0 Å². The lowest BCUT2D eigenvalue weighted by Crippen LogP contribution is -2.68. The highest BCUT2D eigenvalue weighted by Gasteiger charge is 2.72. The third-order valence-electron chi connectivity index (χ3n) is 5.08. The van der Waals surface area contributed by atoms with E-state index in [1.807, 2.05) is 0 Å². The Morgan fingerprint density at radius 2 is 1.96 bits per heavy atom. The summed E-state index contributed by atoms with van der Waals surface area (Å²) in [5.74, 6) is -4.40. The SMILES string of the molecule is CC(C)(C)OC(=O)NC1=N[C@@](C)(c2cc(N)ccc2F)C(F)(F)C2(CCC2)O1. The molecule has 1 saturated carbocycles. The van der Waals surface area contributed by atoms with Gasteiger partial charge in [-0.25, -0.2) is 19.5 Å². The van der Waals surface area contributed by atoms with E-state index in [-0.39, 0.29) is 24.1 Å². The van der Waals surface area contributed by atoms with E-state index >= 15 is 8.78 Å². The first kappa shape index (κ1) is 20.3. The van der Waals surface area contributed by atoms with Gasteiger partial charge in [-0.05, 0) is 65.2 Å². The summed E-state index contributed by atoms with van der Waals surface area (Å²) in [5.41, 5.74) is 0.446. The number of hydrogen-bond acceptors (Lipinski definition) is 5. The first-order chi connectivity index (χ1) is 12.8. The standard InChI is InChI=1S/C19H24F3N3O3/c1-16(2,3)28-15(26)24-14-25-17(4,12-10-11(23)6-7-13(12)20)19(21,22)18(27-14)8-5-9-18/h6-7,10H,5,8-9,23H2,1-4H3,(H,24,25,26)/t17-/m0/s1. The molecule has 3 N–H and O–H groups in total. The first-order valence-electron chi connectivity index (χ1n) is 9.02. The lowest BCUT2D eigenvalue weighted by molar-refractivity contribution is -0.253. The van der Waals surface area contributed by atoms with Crippen LogP contribution in [0.2, 0.25) is 0 Å². The van der Waals surface area contributed by atoms with Gasteiger partial charge in [0.2, 0.25) is 0 Å². The van der Waals surface area contributed by atoms with Crippen LogP contribution in [0.25, 0.3) is 0 Å². The van der Waals surface area contributed by atoms with E-state index in [0.29, 0.717) is 6.42 Å². The summed E-state index contributed by atoms with van der Waals surface area (Å²) in [6.45, 7) is 6.09. The molecule has 0 radical (unpaired) electrons. The van der Waals surface area contributed by atoms with Crippen molar-refractivity contribution in [3.63, 3.8) is 0 Å². The van der Waals surface area contributed by atoms with Gasteiger partial charge in [0.1, 0.15) is 11.4 Å². The van der Waals surface area contributed by atoms with Crippen LogP contribution in [0.4, 0.5) is 23.7 Å². The molecule has 0 saturated heterocycles. The highest BCUT2D eigenvalue weighted by Crippen LogP contribution is 2.58. The summed E-state index contributed by atoms with van der Waals surface area (Å²) in [5, 5.41) is 2.28. The summed E-state index contributed by atoms with van der Waals surface area (Å²) in [4.78, 5) is 16.0. The van der Waals surface area contributed by atoms with E-state index in [1.165, 1.54) is 6.07 Å². The molecule has 2 aliphatic rings. The van der Waals surface area contributed by atoms with Gasteiger partial charge in [-0.15, -0.1) is 0 Å². The van der Waals surface area contributed by atoms with Gasteiger partial charge in [0.15, 0.2) is 11.1 Å². The number of rotatable bonds is 1. The zero-order valence-electron chi connectivity index (χ0n) is 16.2. The van der Waals surface area contributed by atoms with Crippen molar-refractivity contribution in [3.05, 3.63) is 29.6 Å². The molecule has 154 valence electrons. The molecule has 1 aromatic rings. The summed E-state index contributed by atoms with van der Waals surface area (Å²) in [6.07, 6.45) is -0.283. The fourth-order valence-electron chi connectivity index (χ4n) is 3.49. The van der Waals surface area contributed by atoms with Gasteiger partial charge in [-0.1, -0.05) is 0 Å². The van der Waals surface area contributed by atoms with Crippen molar-refractivity contribution in [2.45, 2.75) is 69.6 Å². The van der Waals surface area contributed by atoms with E-state index in [0.717, 1.165) is 19.1 Å². The fourth-order valence-corrected chi connectivity index (χ4v) is 3.49. The van der Waals surface area contributed by atoms with Crippen LogP contribution in [0, 0.1) is 5.82 Å². The van der Waals surface area contributed by atoms with Gasteiger partial charge in [-0.3, -0.25) is 0 Å². The molecular weight excluding hydrogens is 375 g/mol. The Kier molecular flexibility index (Phi) is 4.55. The van der Waals surface area contributed by atoms with Crippen molar-refractivity contribution in [3.8, 4) is 0 Å². The van der Waals surface area contributed by atoms with Crippen LogP contribution in [-0.2, 0) is 15.0 Å². The molecular formula is C19H24F3N3O3. The molecule has 1 aliphatic heterocycles. The van der Waals surface area contributed by atoms with Crippen LogP contribution in [0.3, 0.4) is 0 Å². The van der Waals surface area contributed by atoms with Crippen LogP contribution in [0.15, 0.2) is 23.2 Å². The van der Waals surface area contributed by atoms with Crippen LogP contribution in [0.1, 0.15) is 52.5 Å². The monoisotopic (exact) mass is 399 g/mol. The number of hydrogen-bond donors (Lipinski definition) is 2. The molecule has 1 atom stereocenters. The number of nitrogens with two attached hydrogens (primary N) is 1. The maximum Gasteiger partial charge on any atom is 0.415 e. The van der Waals surface area contributed by atoms with Gasteiger partial charge in [0.05, 0.1) is 0 Å². The average Bonchev–Trinajstić information content (AvgIpc) is 2.49. The van der Waals surface area contributed by atoms with E-state index in [1.54, 1.807) is 20.8 Å². The number of nitrogen functional groups attached to an aromatic ring is 1. The van der Waals surface area contributed by atoms with Crippen LogP contribution < -0.4 is 11.1 Å². The lowest BCUT2D eigenvalue weighted by Gasteiger charge is -2.54. The van der Waals surface area contributed by atoms with E-state index < -0.39 is 40.6 Å². The maximum absolute atomic E-state index is 15.5. The Morgan fingerprint density at radius 1 is 1.32 bits per heavy atom. The van der Waals surface area contributed by atoms with Crippen molar-refractivity contribution >= 4 is 17.8 Å². The average molecular weight is 399 g/mol. The predicted octanol–water partition coefficient (Wildman–Crippen LogP) is 4.09. The van der Waals surface area contributed by atoms with Gasteiger partial charge >= 0.3 is 12.0 Å². The molecule has 9 heteroatoms. The van der Waals surface area contributed by atoms with Crippen molar-refractivity contribution in [1.82, 2.24) is 5.32 Å². The molecule has 0 unspecified atom stereocenters. The zero-order valence-corrected chi connectivity index (χ0v) is 16.2. The first-order valence-corrected chi connectivity index (χ1v) is 9.02. The van der Waals surface area contributed by atoms with E-state index in [4.69, 9.17) is 15.2 Å². The minimum Gasteiger partial charge on any atom is -0.452 e. The fraction of sp³-hybridized carbons (Fsp3) is 0.579. The van der Waals surface area contributed by atoms with Gasteiger partial charge in [0.25, 0.3) is 6.02 Å². The number of nitrogens with zero attached hydrogens (tertiary/aromatic N) is 1. The molecule has 1 spiro atoms. The molecule has 3 rings (SSSR count). The number of carbonyl (C=O) groups is 1. The number of aliphatic imine (C=N–C) groups is 1. The second kappa shape index (κ2) is 6.28. The number of alkyl halides is 2. The smallest absolute Gasteiger partial charge is 0.415 e. The Hall–Kier alpha value is -2.45. The third kappa shape index (κ3) is 3.16. The molecule has 0 bridgehead atoms. The van der Waals surface area contributed by atoms with E-state index in [9.17, 15) is 9.18 Å². The van der Waals surface area contributed by atoms with Crippen molar-refractivity contribution in [1.29, 1.82) is 0 Å². The Labute approximate surface area is 161 Å². The number of ether oxygens (including phenoxy) is 2. The number of amidine groups is 1. The Bertz CT molecular complexity index is 831. The minimum atomic E-state index is -3.54. The maximum atomic E-state index is 15.5. The molecule has 0 aromatic heterocycles. The zero-order chi connectivity index (χ0) is 21.0. The Morgan fingerprint density at radius 3 is 2.50 bits per heavy atom. The molecule has 6 nitrogen and oxygen atoms in total. The predicted molar refractivity (Wildman–Crippen MR) is 97.6 cm³/mol. The second-order valence-corrected chi connectivity index (χ2v) is 8.38. The van der Waals surface area contributed by atoms with Crippen LogP contribution in [-0.4, -0.2) is 29.2 Å². The highest BCUT2D eigenvalue weighted by atomic mass is 19.3. The van der Waals surface area contributed by atoms with Crippen molar-refractivity contribution < 1.29 is 27.4 Å². The normalized spacial score (nSPS) is 25.3. The van der Waals surface area contributed by atoms with Crippen molar-refractivity contribution in [2.75, 3.05) is 5.73 Å². The summed E-state index contributed by atoms with van der Waals surface area (Å²) in [6, 6.07) is 3.01. The van der Waals surface area contributed by atoms with Gasteiger partial charge in [-0.2, -0.15) is 8.78 Å². The number of amides is 1. The Balaban J connectivity index is 2.07. The van der Waals surface area contributed by atoms with E-state index in [2.05, 4.69) is 10.3 Å². The molecule has 28 heavy (non-hydrogen) atoms. The van der Waals surface area contributed by atoms with Gasteiger partial charge < -0.3 is 15.2 Å². The van der Waals surface area contributed by atoms with Crippen LogP contribution >= 0.6 is 0 Å². The number of benzene rings is 1. The largest absolute Gasteiger partial charge is 0.452 e. The molecule has 1 amide bonds. The number of anilines is 1. The third-order valence-corrected chi connectivity index (χ3v) is 5.08. The minimum absolute atomic E-state index is 0.0501. The summed E-state index contributed by atoms with van der Waals surface area (Å²) >= 11 is 0. The second-order valence-electron chi connectivity index (χ2n) is 8.38. The highest BCUT2D eigenvalue weighted by molar-refractivity contribution is 5.91. The number of nitrogens with one attached hydrogen (secondary N) is 1. The number of carbonyl (C=O) groups excluding carboxylic acids is 1. The molecule has 1 fully saturated rings. The molecule has 1 aromatic carbocycles. The topological polar surface area (TPSA) is 85.9 Å². The van der Waals surface area contributed by atoms with Crippen molar-refractivity contribution in [2.24, 2.45) is 4.99 Å². The number of alkyl carbamates (subject to hydrolysis) is 1. The molecule has 1 aliphatic carbocycles. The number of halogens is 3. The summed E-state index contributed by atoms with van der Waals surface area (Å²) in [7, 11) is 0. The van der Waals surface area contributed by atoms with Gasteiger partial charge in [0, 0.05) is 11.3 Å². The molecule has 1 heterocycles. The lowest BCUT2D eigenvalue weighted by atomic mass is 9.66.